The molecule has 0 saturated carbocycles. The van der Waals surface area contributed by atoms with Crippen LogP contribution in [0.4, 0.5) is 13.2 Å². The number of carboxylic acid groups (broad SMARTS) is 1. The maximum absolute atomic E-state index is 12.9. The summed E-state index contributed by atoms with van der Waals surface area (Å²) in [5, 5.41) is 8.81. The fourth-order valence-electron chi connectivity index (χ4n) is 1.78. The Labute approximate surface area is 112 Å². The molecule has 0 aliphatic carbocycles. The van der Waals surface area contributed by atoms with Crippen LogP contribution in [-0.2, 0) is 6.18 Å². The van der Waals surface area contributed by atoms with Crippen molar-refractivity contribution in [3.8, 4) is 11.1 Å². The van der Waals surface area contributed by atoms with E-state index >= 15 is 0 Å². The molecular weight excluding hydrogens is 271 g/mol. The van der Waals surface area contributed by atoms with Gasteiger partial charge in [0.1, 0.15) is 0 Å². The molecule has 0 unspecified atom stereocenters. The molecule has 2 aromatic rings. The third kappa shape index (κ3) is 2.79. The minimum atomic E-state index is -4.72. The van der Waals surface area contributed by atoms with E-state index in [1.54, 1.807) is 19.1 Å². The minimum absolute atomic E-state index is 0.273. The Balaban J connectivity index is 2.58. The standard InChI is InChI=1S/C14H10F3NO2/c1-8-2-3-10(7-18-8)9-4-5-11(13(19)20)12(6-9)14(15,16)17/h2-7H,1H3,(H,19,20). The van der Waals surface area contributed by atoms with Crippen molar-refractivity contribution in [2.24, 2.45) is 0 Å². The van der Waals surface area contributed by atoms with Crippen molar-refractivity contribution in [2.75, 3.05) is 0 Å². The molecule has 2 rings (SSSR count). The molecule has 0 aliphatic rings. The summed E-state index contributed by atoms with van der Waals surface area (Å²) < 4.78 is 38.7. The SMILES string of the molecule is Cc1ccc(-c2ccc(C(=O)O)c(C(F)(F)F)c2)cn1. The van der Waals surface area contributed by atoms with E-state index < -0.39 is 23.3 Å². The average Bonchev–Trinajstić information content (AvgIpc) is 2.38. The number of pyridine rings is 1. The number of rotatable bonds is 2. The third-order valence-corrected chi connectivity index (χ3v) is 2.80. The van der Waals surface area contributed by atoms with Crippen LogP contribution in [0.5, 0.6) is 0 Å². The van der Waals surface area contributed by atoms with Gasteiger partial charge in [0.15, 0.2) is 0 Å². The van der Waals surface area contributed by atoms with Gasteiger partial charge in [0.2, 0.25) is 0 Å². The van der Waals surface area contributed by atoms with Gasteiger partial charge in [-0.15, -0.1) is 0 Å². The van der Waals surface area contributed by atoms with Crippen molar-refractivity contribution in [1.82, 2.24) is 4.98 Å². The second-order valence-corrected chi connectivity index (χ2v) is 4.25. The highest BCUT2D eigenvalue weighted by Crippen LogP contribution is 2.35. The van der Waals surface area contributed by atoms with Crippen LogP contribution < -0.4 is 0 Å². The second-order valence-electron chi connectivity index (χ2n) is 4.25. The summed E-state index contributed by atoms with van der Waals surface area (Å²) in [6.45, 7) is 1.76. The van der Waals surface area contributed by atoms with E-state index in [4.69, 9.17) is 5.11 Å². The number of aromatic nitrogens is 1. The van der Waals surface area contributed by atoms with Crippen LogP contribution in [0.1, 0.15) is 21.6 Å². The molecule has 3 nitrogen and oxygen atoms in total. The first-order valence-electron chi connectivity index (χ1n) is 5.66. The third-order valence-electron chi connectivity index (χ3n) is 2.80. The molecule has 0 aliphatic heterocycles. The van der Waals surface area contributed by atoms with Gasteiger partial charge in [0.25, 0.3) is 0 Å². The highest BCUT2D eigenvalue weighted by molar-refractivity contribution is 5.90. The molecule has 1 aromatic carbocycles. The Hall–Kier alpha value is -2.37. The van der Waals surface area contributed by atoms with Crippen molar-refractivity contribution in [2.45, 2.75) is 13.1 Å². The molecule has 1 heterocycles. The zero-order valence-corrected chi connectivity index (χ0v) is 10.4. The Morgan fingerprint density at radius 2 is 1.80 bits per heavy atom. The maximum atomic E-state index is 12.9. The predicted octanol–water partition coefficient (Wildman–Crippen LogP) is 3.77. The number of hydrogen-bond acceptors (Lipinski definition) is 2. The van der Waals surface area contributed by atoms with Gasteiger partial charge < -0.3 is 5.11 Å². The first kappa shape index (κ1) is 14.0. The number of aromatic carboxylic acids is 1. The smallest absolute Gasteiger partial charge is 0.417 e. The minimum Gasteiger partial charge on any atom is -0.478 e. The lowest BCUT2D eigenvalue weighted by atomic mass is 9.99. The van der Waals surface area contributed by atoms with Crippen molar-refractivity contribution in [3.63, 3.8) is 0 Å². The Morgan fingerprint density at radius 3 is 2.30 bits per heavy atom. The van der Waals surface area contributed by atoms with E-state index in [0.29, 0.717) is 5.56 Å². The van der Waals surface area contributed by atoms with E-state index in [9.17, 15) is 18.0 Å². The maximum Gasteiger partial charge on any atom is 0.417 e. The molecule has 0 saturated heterocycles. The van der Waals surface area contributed by atoms with Gasteiger partial charge in [-0.2, -0.15) is 13.2 Å². The highest BCUT2D eigenvalue weighted by atomic mass is 19.4. The van der Waals surface area contributed by atoms with Crippen LogP contribution in [0.15, 0.2) is 36.5 Å². The summed E-state index contributed by atoms with van der Waals surface area (Å²) in [6.07, 6.45) is -3.27. The van der Waals surface area contributed by atoms with E-state index in [1.807, 2.05) is 0 Å². The summed E-state index contributed by atoms with van der Waals surface area (Å²) in [5.74, 6) is -1.61. The first-order valence-corrected chi connectivity index (χ1v) is 5.66. The van der Waals surface area contributed by atoms with E-state index in [1.165, 1.54) is 12.3 Å². The lowest BCUT2D eigenvalue weighted by Gasteiger charge is -2.12. The topological polar surface area (TPSA) is 50.2 Å². The van der Waals surface area contributed by atoms with Gasteiger partial charge in [-0.3, -0.25) is 4.98 Å². The second kappa shape index (κ2) is 4.96. The van der Waals surface area contributed by atoms with Gasteiger partial charge >= 0.3 is 12.1 Å². The van der Waals surface area contributed by atoms with Crippen molar-refractivity contribution in [1.29, 1.82) is 0 Å². The van der Waals surface area contributed by atoms with Crippen molar-refractivity contribution in [3.05, 3.63) is 53.3 Å². The zero-order chi connectivity index (χ0) is 14.9. The van der Waals surface area contributed by atoms with Crippen molar-refractivity contribution >= 4 is 5.97 Å². The van der Waals surface area contributed by atoms with Crippen LogP contribution >= 0.6 is 0 Å². The lowest BCUT2D eigenvalue weighted by molar-refractivity contribution is -0.138. The number of nitrogens with zero attached hydrogens (tertiary/aromatic N) is 1. The first-order chi connectivity index (χ1) is 9.29. The summed E-state index contributed by atoms with van der Waals surface area (Å²) >= 11 is 0. The summed E-state index contributed by atoms with van der Waals surface area (Å²) in [5.41, 5.74) is -0.413. The lowest BCUT2D eigenvalue weighted by Crippen LogP contribution is -2.13. The highest BCUT2D eigenvalue weighted by Gasteiger charge is 2.35. The zero-order valence-electron chi connectivity index (χ0n) is 10.4. The van der Waals surface area contributed by atoms with Crippen LogP contribution in [0.25, 0.3) is 11.1 Å². The van der Waals surface area contributed by atoms with Crippen LogP contribution in [0.2, 0.25) is 0 Å². The molecule has 0 spiro atoms. The monoisotopic (exact) mass is 281 g/mol. The molecule has 6 heteroatoms. The molecule has 0 atom stereocenters. The van der Waals surface area contributed by atoms with Gasteiger partial charge in [0, 0.05) is 17.5 Å². The van der Waals surface area contributed by atoms with Crippen LogP contribution in [-0.4, -0.2) is 16.1 Å². The average molecular weight is 281 g/mol. The fourth-order valence-corrected chi connectivity index (χ4v) is 1.78. The number of benzene rings is 1. The fraction of sp³-hybridized carbons (Fsp3) is 0.143. The molecular formula is C14H10F3NO2. The van der Waals surface area contributed by atoms with E-state index in [2.05, 4.69) is 4.98 Å². The number of hydrogen-bond donors (Lipinski definition) is 1. The van der Waals surface area contributed by atoms with Crippen LogP contribution in [0, 0.1) is 6.92 Å². The molecule has 0 fully saturated rings. The van der Waals surface area contributed by atoms with Gasteiger partial charge in [-0.1, -0.05) is 12.1 Å². The summed E-state index contributed by atoms with van der Waals surface area (Å²) in [4.78, 5) is 14.9. The Morgan fingerprint density at radius 1 is 1.15 bits per heavy atom. The summed E-state index contributed by atoms with van der Waals surface area (Å²) in [7, 11) is 0. The molecule has 20 heavy (non-hydrogen) atoms. The van der Waals surface area contributed by atoms with Crippen LogP contribution in [0.3, 0.4) is 0 Å². The molecule has 1 N–H and O–H groups in total. The molecule has 0 amide bonds. The molecule has 104 valence electrons. The quantitative estimate of drug-likeness (QED) is 0.911. The van der Waals surface area contributed by atoms with Crippen molar-refractivity contribution < 1.29 is 23.1 Å². The number of carboxylic acids is 1. The number of halogens is 3. The summed E-state index contributed by atoms with van der Waals surface area (Å²) in [6, 6.07) is 6.44. The number of alkyl halides is 3. The Bertz CT molecular complexity index is 648. The van der Waals surface area contributed by atoms with E-state index in [-0.39, 0.29) is 5.56 Å². The number of aryl methyl sites for hydroxylation is 1. The predicted molar refractivity (Wildman–Crippen MR) is 66.4 cm³/mol. The molecule has 1 aromatic heterocycles. The van der Waals surface area contributed by atoms with Gasteiger partial charge in [-0.05, 0) is 30.7 Å². The van der Waals surface area contributed by atoms with E-state index in [0.717, 1.165) is 17.8 Å². The van der Waals surface area contributed by atoms with Gasteiger partial charge in [0.05, 0.1) is 11.1 Å². The molecule has 0 radical (unpaired) electrons. The Kier molecular flexibility index (Phi) is 3.48. The molecule has 0 bridgehead atoms. The number of carbonyl (C=O) groups is 1. The normalized spacial score (nSPS) is 11.4. The van der Waals surface area contributed by atoms with Gasteiger partial charge in [-0.25, -0.2) is 4.79 Å². The largest absolute Gasteiger partial charge is 0.478 e.